The lowest BCUT2D eigenvalue weighted by Gasteiger charge is -2.51. The number of carbonyl (C=O) groups excluding carboxylic acids is 1. The third-order valence-corrected chi connectivity index (χ3v) is 6.89. The highest BCUT2D eigenvalue weighted by Gasteiger charge is 2.41. The molecule has 0 aromatic heterocycles. The van der Waals surface area contributed by atoms with Crippen LogP contribution < -0.4 is 9.64 Å². The number of methoxy groups -OCH3 is 1. The predicted octanol–water partition coefficient (Wildman–Crippen LogP) is 5.07. The molecule has 2 saturated heterocycles. The molecule has 2 aliphatic heterocycles. The Morgan fingerprint density at radius 2 is 1.70 bits per heavy atom. The van der Waals surface area contributed by atoms with Gasteiger partial charge in [-0.3, -0.25) is 9.69 Å². The summed E-state index contributed by atoms with van der Waals surface area (Å²) in [6.45, 7) is 3.09. The van der Waals surface area contributed by atoms with Gasteiger partial charge in [-0.05, 0) is 61.9 Å². The minimum absolute atomic E-state index is 0.223. The van der Waals surface area contributed by atoms with Crippen molar-refractivity contribution in [2.24, 2.45) is 0 Å². The van der Waals surface area contributed by atoms with Gasteiger partial charge in [-0.1, -0.05) is 43.7 Å². The maximum Gasteiger partial charge on any atom is 0.226 e. The molecule has 3 atom stereocenters. The molecule has 30 heavy (non-hydrogen) atoms. The fourth-order valence-electron chi connectivity index (χ4n) is 5.40. The van der Waals surface area contributed by atoms with E-state index in [1.807, 2.05) is 31.2 Å². The van der Waals surface area contributed by atoms with Crippen molar-refractivity contribution in [2.45, 2.75) is 70.0 Å². The summed E-state index contributed by atoms with van der Waals surface area (Å²) in [6, 6.07) is 20.2. The molecule has 4 nitrogen and oxygen atoms in total. The fourth-order valence-corrected chi connectivity index (χ4v) is 5.40. The molecular formula is C26H34N2O2. The number of hydrogen-bond donors (Lipinski definition) is 0. The van der Waals surface area contributed by atoms with E-state index in [0.717, 1.165) is 37.2 Å². The van der Waals surface area contributed by atoms with Crippen molar-refractivity contribution in [2.75, 3.05) is 18.6 Å². The van der Waals surface area contributed by atoms with Gasteiger partial charge < -0.3 is 9.64 Å². The molecule has 0 spiro atoms. The molecule has 2 aliphatic rings. The van der Waals surface area contributed by atoms with Crippen molar-refractivity contribution in [3.8, 4) is 5.75 Å². The first-order valence-corrected chi connectivity index (χ1v) is 11.5. The molecule has 2 aromatic carbocycles. The van der Waals surface area contributed by atoms with Gasteiger partial charge in [-0.15, -0.1) is 0 Å². The maximum absolute atomic E-state index is 13.0. The largest absolute Gasteiger partial charge is 0.497 e. The number of carbonyl (C=O) groups is 1. The molecule has 160 valence electrons. The quantitative estimate of drug-likeness (QED) is 0.644. The first kappa shape index (κ1) is 20.9. The number of anilines is 1. The molecule has 1 amide bonds. The third kappa shape index (κ3) is 4.54. The van der Waals surface area contributed by atoms with Gasteiger partial charge in [0.15, 0.2) is 0 Å². The molecule has 1 unspecified atom stereocenters. The summed E-state index contributed by atoms with van der Waals surface area (Å²) >= 11 is 0. The highest BCUT2D eigenvalue weighted by molar-refractivity contribution is 5.93. The van der Waals surface area contributed by atoms with E-state index in [1.54, 1.807) is 7.11 Å². The lowest BCUT2D eigenvalue weighted by Crippen LogP contribution is -2.58. The van der Waals surface area contributed by atoms with Gasteiger partial charge in [-0.2, -0.15) is 0 Å². The Morgan fingerprint density at radius 1 is 1.03 bits per heavy atom. The molecular weight excluding hydrogens is 372 g/mol. The standard InChI is InChI=1S/C26H34N2O2/c1-3-26(29)28(21-12-14-25(30-2)15-13-21)24-18-22-10-7-11-23(19-24)27(22)17-16-20-8-5-4-6-9-20/h4-6,8-9,12-15,22-24H,3,7,10-11,16-19H2,1-2H3/t22-,23+,24?. The van der Waals surface area contributed by atoms with Crippen molar-refractivity contribution < 1.29 is 9.53 Å². The van der Waals surface area contributed by atoms with E-state index in [-0.39, 0.29) is 11.9 Å². The first-order valence-electron chi connectivity index (χ1n) is 11.5. The van der Waals surface area contributed by atoms with E-state index >= 15 is 0 Å². The zero-order chi connectivity index (χ0) is 20.9. The molecule has 0 aliphatic carbocycles. The summed E-state index contributed by atoms with van der Waals surface area (Å²) in [4.78, 5) is 17.8. The van der Waals surface area contributed by atoms with Crippen LogP contribution in [0.25, 0.3) is 0 Å². The number of benzene rings is 2. The Hall–Kier alpha value is -2.33. The summed E-state index contributed by atoms with van der Waals surface area (Å²) in [5.74, 6) is 1.05. The van der Waals surface area contributed by atoms with Crippen LogP contribution in [0.2, 0.25) is 0 Å². The van der Waals surface area contributed by atoms with Crippen molar-refractivity contribution in [3.63, 3.8) is 0 Å². The zero-order valence-corrected chi connectivity index (χ0v) is 18.3. The molecule has 0 radical (unpaired) electrons. The number of fused-ring (bicyclic) bond motifs is 2. The van der Waals surface area contributed by atoms with Crippen LogP contribution in [0.15, 0.2) is 54.6 Å². The number of rotatable bonds is 7. The van der Waals surface area contributed by atoms with Crippen LogP contribution in [0.1, 0.15) is 51.0 Å². The lowest BCUT2D eigenvalue weighted by atomic mass is 9.80. The highest BCUT2D eigenvalue weighted by atomic mass is 16.5. The molecule has 4 heteroatoms. The summed E-state index contributed by atoms with van der Waals surface area (Å²) in [5, 5.41) is 0. The number of nitrogens with zero attached hydrogens (tertiary/aromatic N) is 2. The highest BCUT2D eigenvalue weighted by Crippen LogP contribution is 2.38. The van der Waals surface area contributed by atoms with Crippen molar-refractivity contribution in [3.05, 3.63) is 60.2 Å². The second kappa shape index (κ2) is 9.65. The Labute approximate surface area is 180 Å². The van der Waals surface area contributed by atoms with Gasteiger partial charge in [0.05, 0.1) is 7.11 Å². The number of hydrogen-bond acceptors (Lipinski definition) is 3. The topological polar surface area (TPSA) is 32.8 Å². The SMILES string of the molecule is CCC(=O)N(c1ccc(OC)cc1)C1C[C@H]2CCC[C@@H](C1)N2CCc1ccccc1. The second-order valence-electron chi connectivity index (χ2n) is 8.65. The molecule has 2 bridgehead atoms. The van der Waals surface area contributed by atoms with Crippen molar-refractivity contribution >= 4 is 11.6 Å². The van der Waals surface area contributed by atoms with Gasteiger partial charge in [0, 0.05) is 36.8 Å². The molecule has 0 N–H and O–H groups in total. The monoisotopic (exact) mass is 406 g/mol. The van der Waals surface area contributed by atoms with Crippen LogP contribution in [-0.2, 0) is 11.2 Å². The molecule has 2 fully saturated rings. The third-order valence-electron chi connectivity index (χ3n) is 6.89. The Bertz CT molecular complexity index is 807. The van der Waals surface area contributed by atoms with Crippen LogP contribution in [-0.4, -0.2) is 42.6 Å². The summed E-state index contributed by atoms with van der Waals surface area (Å²) in [5.41, 5.74) is 2.42. The number of ether oxygens (including phenoxy) is 1. The summed E-state index contributed by atoms with van der Waals surface area (Å²) < 4.78 is 5.31. The van der Waals surface area contributed by atoms with E-state index in [0.29, 0.717) is 18.5 Å². The Kier molecular flexibility index (Phi) is 6.73. The van der Waals surface area contributed by atoms with E-state index in [9.17, 15) is 4.79 Å². The van der Waals surface area contributed by atoms with Crippen molar-refractivity contribution in [1.82, 2.24) is 4.90 Å². The minimum atomic E-state index is 0.223. The molecule has 0 saturated carbocycles. The average Bonchev–Trinajstić information content (AvgIpc) is 2.78. The van der Waals surface area contributed by atoms with Gasteiger partial charge in [0.2, 0.25) is 5.91 Å². The van der Waals surface area contributed by atoms with E-state index < -0.39 is 0 Å². The van der Waals surface area contributed by atoms with Crippen LogP contribution in [0.3, 0.4) is 0 Å². The van der Waals surface area contributed by atoms with Crippen LogP contribution in [0, 0.1) is 0 Å². The Morgan fingerprint density at radius 3 is 2.30 bits per heavy atom. The van der Waals surface area contributed by atoms with E-state index in [1.165, 1.54) is 24.8 Å². The van der Waals surface area contributed by atoms with Gasteiger partial charge in [0.1, 0.15) is 5.75 Å². The molecule has 2 aromatic rings. The molecule has 4 rings (SSSR count). The normalized spacial score (nSPS) is 23.7. The van der Waals surface area contributed by atoms with Crippen molar-refractivity contribution in [1.29, 1.82) is 0 Å². The lowest BCUT2D eigenvalue weighted by molar-refractivity contribution is -0.119. The van der Waals surface area contributed by atoms with Gasteiger partial charge in [0.25, 0.3) is 0 Å². The average molecular weight is 407 g/mol. The second-order valence-corrected chi connectivity index (χ2v) is 8.65. The summed E-state index contributed by atoms with van der Waals surface area (Å²) in [7, 11) is 1.68. The van der Waals surface area contributed by atoms with E-state index in [2.05, 4.69) is 40.1 Å². The number of piperidine rings is 2. The summed E-state index contributed by atoms with van der Waals surface area (Å²) in [6.07, 6.45) is 7.60. The first-order chi connectivity index (χ1) is 14.7. The number of amides is 1. The Balaban J connectivity index is 1.49. The smallest absolute Gasteiger partial charge is 0.226 e. The van der Waals surface area contributed by atoms with E-state index in [4.69, 9.17) is 4.74 Å². The van der Waals surface area contributed by atoms with Crippen LogP contribution in [0.5, 0.6) is 5.75 Å². The maximum atomic E-state index is 13.0. The van der Waals surface area contributed by atoms with Gasteiger partial charge >= 0.3 is 0 Å². The predicted molar refractivity (Wildman–Crippen MR) is 122 cm³/mol. The fraction of sp³-hybridized carbons (Fsp3) is 0.500. The van der Waals surface area contributed by atoms with Gasteiger partial charge in [-0.25, -0.2) is 0 Å². The zero-order valence-electron chi connectivity index (χ0n) is 18.3. The minimum Gasteiger partial charge on any atom is -0.497 e. The van der Waals surface area contributed by atoms with Crippen LogP contribution >= 0.6 is 0 Å². The van der Waals surface area contributed by atoms with Crippen LogP contribution in [0.4, 0.5) is 5.69 Å². The molecule has 2 heterocycles.